The summed E-state index contributed by atoms with van der Waals surface area (Å²) in [6.07, 6.45) is 4.96. The topological polar surface area (TPSA) is 59.5 Å². The van der Waals surface area contributed by atoms with Crippen LogP contribution in [-0.4, -0.2) is 35.9 Å². The number of aromatic nitrogens is 1. The van der Waals surface area contributed by atoms with E-state index >= 15 is 0 Å². The molecule has 4 rings (SSSR count). The third kappa shape index (κ3) is 3.22. The second-order valence-corrected chi connectivity index (χ2v) is 9.97. The Morgan fingerprint density at radius 2 is 1.61 bits per heavy atom. The highest BCUT2D eigenvalue weighted by Gasteiger charge is 2.48. The molecule has 0 amide bonds. The van der Waals surface area contributed by atoms with E-state index in [1.165, 1.54) is 0 Å². The van der Waals surface area contributed by atoms with Gasteiger partial charge in [-0.1, -0.05) is 12.1 Å². The Morgan fingerprint density at radius 1 is 1.00 bits per heavy atom. The molecule has 2 saturated heterocycles. The van der Waals surface area contributed by atoms with Crippen LogP contribution in [0, 0.1) is 27.7 Å². The lowest BCUT2D eigenvalue weighted by atomic mass is 10.0. The predicted molar refractivity (Wildman–Crippen MR) is 109 cm³/mol. The highest BCUT2D eigenvalue weighted by atomic mass is 32.2. The Hall–Kier alpha value is -1.92. The first-order valence-corrected chi connectivity index (χ1v) is 11.4. The summed E-state index contributed by atoms with van der Waals surface area (Å²) in [6.45, 7) is 7.83. The summed E-state index contributed by atoms with van der Waals surface area (Å²) in [4.78, 5) is 4.75. The Labute approximate surface area is 167 Å². The van der Waals surface area contributed by atoms with Crippen LogP contribution in [0.5, 0.6) is 5.88 Å². The minimum atomic E-state index is -3.54. The zero-order valence-corrected chi connectivity index (χ0v) is 17.8. The Morgan fingerprint density at radius 3 is 2.14 bits per heavy atom. The first-order chi connectivity index (χ1) is 13.3. The van der Waals surface area contributed by atoms with Crippen LogP contribution in [0.25, 0.3) is 0 Å². The standard InChI is InChI=1S/C22H28N2O3S/c1-14-11-15(2)17(4)22(16(14)3)28(25,26)24-18-8-9-19(24)13-20(12-18)27-21-7-5-6-10-23-21/h5-7,10-11,18-20H,8-9,12-13H2,1-4H3. The van der Waals surface area contributed by atoms with Crippen molar-refractivity contribution in [3.8, 4) is 5.88 Å². The number of rotatable bonds is 4. The Kier molecular flexibility index (Phi) is 4.96. The molecule has 2 aromatic rings. The lowest BCUT2D eigenvalue weighted by Crippen LogP contribution is -2.49. The number of sulfonamides is 1. The molecule has 2 unspecified atom stereocenters. The summed E-state index contributed by atoms with van der Waals surface area (Å²) in [5.41, 5.74) is 3.80. The van der Waals surface area contributed by atoms with Crippen LogP contribution in [0.3, 0.4) is 0 Å². The van der Waals surface area contributed by atoms with Crippen molar-refractivity contribution in [2.45, 2.75) is 76.5 Å². The number of nitrogens with zero attached hydrogens (tertiary/aromatic N) is 2. The molecular formula is C22H28N2O3S. The van der Waals surface area contributed by atoms with Crippen molar-refractivity contribution in [2.75, 3.05) is 0 Å². The van der Waals surface area contributed by atoms with Gasteiger partial charge in [-0.05, 0) is 68.9 Å². The van der Waals surface area contributed by atoms with Crippen LogP contribution in [0.15, 0.2) is 35.4 Å². The molecule has 150 valence electrons. The van der Waals surface area contributed by atoms with E-state index < -0.39 is 10.0 Å². The fourth-order valence-corrected chi connectivity index (χ4v) is 7.31. The predicted octanol–water partition coefficient (Wildman–Crippen LogP) is 4.08. The Bertz CT molecular complexity index is 948. The average Bonchev–Trinajstić information content (AvgIpc) is 2.93. The van der Waals surface area contributed by atoms with Gasteiger partial charge in [0.05, 0.1) is 4.90 Å². The fourth-order valence-electron chi connectivity index (χ4n) is 4.83. The summed E-state index contributed by atoms with van der Waals surface area (Å²) < 4.78 is 35.3. The molecule has 1 aromatic carbocycles. The van der Waals surface area contributed by atoms with Crippen LogP contribution in [0.1, 0.15) is 47.9 Å². The largest absolute Gasteiger partial charge is 0.474 e. The zero-order valence-electron chi connectivity index (χ0n) is 17.0. The molecule has 2 bridgehead atoms. The van der Waals surface area contributed by atoms with E-state index in [0.29, 0.717) is 10.8 Å². The second-order valence-electron chi connectivity index (χ2n) is 8.19. The van der Waals surface area contributed by atoms with Gasteiger partial charge in [0.15, 0.2) is 0 Å². The van der Waals surface area contributed by atoms with Gasteiger partial charge in [-0.3, -0.25) is 0 Å². The van der Waals surface area contributed by atoms with E-state index in [1.54, 1.807) is 10.5 Å². The molecule has 2 aliphatic rings. The van der Waals surface area contributed by atoms with Crippen LogP contribution >= 0.6 is 0 Å². The molecule has 3 heterocycles. The SMILES string of the molecule is Cc1cc(C)c(C)c(S(=O)(=O)N2C3CCC2CC(Oc2ccccn2)C3)c1C. The maximum atomic E-state index is 13.7. The van der Waals surface area contributed by atoms with E-state index in [0.717, 1.165) is 47.9 Å². The van der Waals surface area contributed by atoms with Gasteiger partial charge in [-0.15, -0.1) is 0 Å². The van der Waals surface area contributed by atoms with E-state index in [1.807, 2.05) is 45.9 Å². The molecule has 28 heavy (non-hydrogen) atoms. The van der Waals surface area contributed by atoms with Crippen molar-refractivity contribution in [1.82, 2.24) is 9.29 Å². The minimum Gasteiger partial charge on any atom is -0.474 e. The number of piperidine rings is 1. The number of pyridine rings is 1. The van der Waals surface area contributed by atoms with Gasteiger partial charge in [-0.25, -0.2) is 13.4 Å². The van der Waals surface area contributed by atoms with Crippen molar-refractivity contribution >= 4 is 10.0 Å². The third-order valence-electron chi connectivity index (χ3n) is 6.38. The molecule has 5 nitrogen and oxygen atoms in total. The van der Waals surface area contributed by atoms with Gasteiger partial charge in [-0.2, -0.15) is 4.31 Å². The summed E-state index contributed by atoms with van der Waals surface area (Å²) in [7, 11) is -3.54. The molecule has 0 aliphatic carbocycles. The number of fused-ring (bicyclic) bond motifs is 2. The lowest BCUT2D eigenvalue weighted by molar-refractivity contribution is 0.0918. The second kappa shape index (κ2) is 7.16. The lowest BCUT2D eigenvalue weighted by Gasteiger charge is -2.38. The molecule has 0 saturated carbocycles. The summed E-state index contributed by atoms with van der Waals surface area (Å²) >= 11 is 0. The first kappa shape index (κ1) is 19.4. The van der Waals surface area contributed by atoms with Crippen LogP contribution in [0.4, 0.5) is 0 Å². The van der Waals surface area contributed by atoms with E-state index in [9.17, 15) is 8.42 Å². The monoisotopic (exact) mass is 400 g/mol. The van der Waals surface area contributed by atoms with Crippen molar-refractivity contribution in [3.63, 3.8) is 0 Å². The van der Waals surface area contributed by atoms with Crippen LogP contribution in [-0.2, 0) is 10.0 Å². The number of aryl methyl sites for hydroxylation is 2. The molecule has 1 aromatic heterocycles. The number of hydrogen-bond donors (Lipinski definition) is 0. The quantitative estimate of drug-likeness (QED) is 0.776. The van der Waals surface area contributed by atoms with Crippen LogP contribution < -0.4 is 4.74 Å². The minimum absolute atomic E-state index is 0.00270. The summed E-state index contributed by atoms with van der Waals surface area (Å²) in [5, 5.41) is 0. The van der Waals surface area contributed by atoms with Gasteiger partial charge in [0.2, 0.25) is 15.9 Å². The summed E-state index contributed by atoms with van der Waals surface area (Å²) in [5.74, 6) is 0.615. The molecular weight excluding hydrogens is 372 g/mol. The van der Waals surface area contributed by atoms with Crippen molar-refractivity contribution in [3.05, 3.63) is 52.7 Å². The van der Waals surface area contributed by atoms with Gasteiger partial charge < -0.3 is 4.74 Å². The van der Waals surface area contributed by atoms with E-state index in [-0.39, 0.29) is 18.2 Å². The normalized spacial score (nSPS) is 25.1. The van der Waals surface area contributed by atoms with Gasteiger partial charge in [0, 0.05) is 37.2 Å². The summed E-state index contributed by atoms with van der Waals surface area (Å²) in [6, 6.07) is 7.69. The highest BCUT2D eigenvalue weighted by Crippen LogP contribution is 2.42. The van der Waals surface area contributed by atoms with E-state index in [2.05, 4.69) is 11.1 Å². The highest BCUT2D eigenvalue weighted by molar-refractivity contribution is 7.89. The fraction of sp³-hybridized carbons (Fsp3) is 0.500. The van der Waals surface area contributed by atoms with Crippen molar-refractivity contribution in [1.29, 1.82) is 0 Å². The maximum absolute atomic E-state index is 13.7. The number of benzene rings is 1. The number of ether oxygens (including phenoxy) is 1. The molecule has 2 fully saturated rings. The van der Waals surface area contributed by atoms with Gasteiger partial charge in [0.1, 0.15) is 6.10 Å². The first-order valence-electron chi connectivity index (χ1n) is 9.97. The smallest absolute Gasteiger partial charge is 0.244 e. The molecule has 0 spiro atoms. The molecule has 0 radical (unpaired) electrons. The molecule has 2 atom stereocenters. The maximum Gasteiger partial charge on any atom is 0.244 e. The molecule has 0 N–H and O–H groups in total. The van der Waals surface area contributed by atoms with Gasteiger partial charge >= 0.3 is 0 Å². The molecule has 2 aliphatic heterocycles. The zero-order chi connectivity index (χ0) is 20.1. The Balaban J connectivity index is 1.63. The molecule has 6 heteroatoms. The van der Waals surface area contributed by atoms with Crippen molar-refractivity contribution < 1.29 is 13.2 Å². The van der Waals surface area contributed by atoms with E-state index in [4.69, 9.17) is 4.74 Å². The average molecular weight is 401 g/mol. The third-order valence-corrected chi connectivity index (χ3v) is 8.66. The van der Waals surface area contributed by atoms with Crippen LogP contribution in [0.2, 0.25) is 0 Å². The number of hydrogen-bond acceptors (Lipinski definition) is 4. The van der Waals surface area contributed by atoms with Crippen molar-refractivity contribution in [2.24, 2.45) is 0 Å². The van der Waals surface area contributed by atoms with Gasteiger partial charge in [0.25, 0.3) is 0 Å².